The first kappa shape index (κ1) is 9.15. The molecule has 2 heterocycles. The Morgan fingerprint density at radius 2 is 2.07 bits per heavy atom. The van der Waals surface area contributed by atoms with Crippen LogP contribution in [0.15, 0.2) is 18.3 Å². The molecule has 2 aromatic heterocycles. The SMILES string of the molecule is Cc1ncccc1-c1c(C)nsc1N. The number of rotatable bonds is 1. The molecule has 0 aliphatic rings. The van der Waals surface area contributed by atoms with Crippen molar-refractivity contribution in [1.29, 1.82) is 0 Å². The van der Waals surface area contributed by atoms with E-state index in [1.165, 1.54) is 11.5 Å². The van der Waals surface area contributed by atoms with E-state index in [0.717, 1.165) is 27.5 Å². The van der Waals surface area contributed by atoms with E-state index >= 15 is 0 Å². The van der Waals surface area contributed by atoms with E-state index in [9.17, 15) is 0 Å². The number of anilines is 1. The summed E-state index contributed by atoms with van der Waals surface area (Å²) in [6, 6.07) is 3.94. The van der Waals surface area contributed by atoms with E-state index in [-0.39, 0.29) is 0 Å². The van der Waals surface area contributed by atoms with Crippen LogP contribution < -0.4 is 5.73 Å². The molecule has 2 aromatic rings. The Bertz CT molecular complexity index is 443. The van der Waals surface area contributed by atoms with Crippen LogP contribution in [0.5, 0.6) is 0 Å². The van der Waals surface area contributed by atoms with Crippen LogP contribution in [0.2, 0.25) is 0 Å². The number of aryl methyl sites for hydroxylation is 2. The number of pyridine rings is 1. The number of nitrogen functional groups attached to an aromatic ring is 1. The van der Waals surface area contributed by atoms with Gasteiger partial charge in [-0.3, -0.25) is 4.98 Å². The average molecular weight is 205 g/mol. The maximum absolute atomic E-state index is 5.87. The first-order chi connectivity index (χ1) is 6.70. The minimum atomic E-state index is 0.763. The van der Waals surface area contributed by atoms with Crippen molar-refractivity contribution < 1.29 is 0 Å². The van der Waals surface area contributed by atoms with Gasteiger partial charge in [-0.25, -0.2) is 0 Å². The molecule has 0 aromatic carbocycles. The Balaban J connectivity index is 2.66. The zero-order valence-electron chi connectivity index (χ0n) is 8.11. The summed E-state index contributed by atoms with van der Waals surface area (Å²) in [7, 11) is 0. The third-order valence-electron chi connectivity index (χ3n) is 2.17. The molecule has 0 aliphatic carbocycles. The van der Waals surface area contributed by atoms with Crippen molar-refractivity contribution in [2.24, 2.45) is 0 Å². The lowest BCUT2D eigenvalue weighted by Crippen LogP contribution is -1.90. The minimum absolute atomic E-state index is 0.763. The molecular formula is C10H11N3S. The van der Waals surface area contributed by atoms with Crippen LogP contribution in [0.1, 0.15) is 11.4 Å². The Hall–Kier alpha value is -1.42. The third kappa shape index (κ3) is 1.37. The molecule has 0 atom stereocenters. The molecule has 2 N–H and O–H groups in total. The van der Waals surface area contributed by atoms with Crippen LogP contribution in [0.4, 0.5) is 5.00 Å². The van der Waals surface area contributed by atoms with Gasteiger partial charge in [0.05, 0.1) is 5.69 Å². The second kappa shape index (κ2) is 3.38. The van der Waals surface area contributed by atoms with Gasteiger partial charge in [0.2, 0.25) is 0 Å². The molecule has 14 heavy (non-hydrogen) atoms. The fourth-order valence-electron chi connectivity index (χ4n) is 1.46. The fraction of sp³-hybridized carbons (Fsp3) is 0.200. The molecule has 0 unspecified atom stereocenters. The summed E-state index contributed by atoms with van der Waals surface area (Å²) in [4.78, 5) is 4.24. The summed E-state index contributed by atoms with van der Waals surface area (Å²) in [5, 5.41) is 0.763. The Morgan fingerprint density at radius 3 is 2.64 bits per heavy atom. The van der Waals surface area contributed by atoms with Gasteiger partial charge in [-0.2, -0.15) is 4.37 Å². The highest BCUT2D eigenvalue weighted by molar-refractivity contribution is 7.10. The second-order valence-electron chi connectivity index (χ2n) is 3.14. The lowest BCUT2D eigenvalue weighted by molar-refractivity contribution is 1.20. The maximum atomic E-state index is 5.87. The van der Waals surface area contributed by atoms with Gasteiger partial charge in [-0.1, -0.05) is 6.07 Å². The molecule has 0 aliphatic heterocycles. The molecule has 0 fully saturated rings. The van der Waals surface area contributed by atoms with Gasteiger partial charge in [0.1, 0.15) is 5.00 Å². The molecular weight excluding hydrogens is 194 g/mol. The Morgan fingerprint density at radius 1 is 1.29 bits per heavy atom. The number of aromatic nitrogens is 2. The van der Waals surface area contributed by atoms with Gasteiger partial charge in [-0.15, -0.1) is 0 Å². The third-order valence-corrected chi connectivity index (χ3v) is 2.93. The molecule has 2 rings (SSSR count). The quantitative estimate of drug-likeness (QED) is 0.777. The highest BCUT2D eigenvalue weighted by Crippen LogP contribution is 2.33. The Kier molecular flexibility index (Phi) is 2.21. The number of nitrogens with two attached hydrogens (primary N) is 1. The standard InChI is InChI=1S/C10H11N3S/c1-6-8(4-3-5-12-6)9-7(2)13-14-10(9)11/h3-5H,11H2,1-2H3. The predicted molar refractivity (Wildman–Crippen MR) is 59.2 cm³/mol. The molecule has 0 saturated carbocycles. The highest BCUT2D eigenvalue weighted by Gasteiger charge is 2.12. The summed E-state index contributed by atoms with van der Waals surface area (Å²) in [6.07, 6.45) is 1.78. The number of nitrogens with zero attached hydrogens (tertiary/aromatic N) is 2. The monoisotopic (exact) mass is 205 g/mol. The first-order valence-corrected chi connectivity index (χ1v) is 5.11. The van der Waals surface area contributed by atoms with Crippen LogP contribution in [-0.2, 0) is 0 Å². The zero-order valence-corrected chi connectivity index (χ0v) is 8.93. The summed E-state index contributed by atoms with van der Waals surface area (Å²) in [6.45, 7) is 3.94. The Labute approximate surface area is 86.8 Å². The van der Waals surface area contributed by atoms with Crippen LogP contribution in [0.3, 0.4) is 0 Å². The van der Waals surface area contributed by atoms with E-state index in [0.29, 0.717) is 0 Å². The van der Waals surface area contributed by atoms with Gasteiger partial charge in [-0.05, 0) is 31.4 Å². The normalized spacial score (nSPS) is 10.4. The molecule has 0 saturated heterocycles. The number of hydrogen-bond donors (Lipinski definition) is 1. The van der Waals surface area contributed by atoms with E-state index in [4.69, 9.17) is 5.73 Å². The van der Waals surface area contributed by atoms with E-state index < -0.39 is 0 Å². The minimum Gasteiger partial charge on any atom is -0.389 e. The average Bonchev–Trinajstić information content (AvgIpc) is 2.48. The van der Waals surface area contributed by atoms with Crippen LogP contribution in [-0.4, -0.2) is 9.36 Å². The van der Waals surface area contributed by atoms with Crippen LogP contribution >= 0.6 is 11.5 Å². The van der Waals surface area contributed by atoms with Gasteiger partial charge in [0.15, 0.2) is 0 Å². The smallest absolute Gasteiger partial charge is 0.115 e. The highest BCUT2D eigenvalue weighted by atomic mass is 32.1. The van der Waals surface area contributed by atoms with Crippen molar-refractivity contribution in [3.63, 3.8) is 0 Å². The first-order valence-electron chi connectivity index (χ1n) is 4.34. The topological polar surface area (TPSA) is 51.8 Å². The van der Waals surface area contributed by atoms with Gasteiger partial charge in [0.25, 0.3) is 0 Å². The molecule has 0 spiro atoms. The summed E-state index contributed by atoms with van der Waals surface area (Å²) in [5.41, 5.74) is 9.94. The lowest BCUT2D eigenvalue weighted by atomic mass is 10.1. The van der Waals surface area contributed by atoms with Crippen molar-refractivity contribution >= 4 is 16.5 Å². The van der Waals surface area contributed by atoms with Gasteiger partial charge in [0, 0.05) is 23.0 Å². The van der Waals surface area contributed by atoms with E-state index in [1.54, 1.807) is 6.20 Å². The van der Waals surface area contributed by atoms with E-state index in [2.05, 4.69) is 9.36 Å². The van der Waals surface area contributed by atoms with Crippen LogP contribution in [0, 0.1) is 13.8 Å². The van der Waals surface area contributed by atoms with Crippen molar-refractivity contribution in [3.05, 3.63) is 29.7 Å². The molecule has 0 bridgehead atoms. The fourth-order valence-corrected chi connectivity index (χ4v) is 2.14. The summed E-state index contributed by atoms with van der Waals surface area (Å²) >= 11 is 1.33. The van der Waals surface area contributed by atoms with Crippen molar-refractivity contribution in [3.8, 4) is 11.1 Å². The van der Waals surface area contributed by atoms with Crippen molar-refractivity contribution in [2.45, 2.75) is 13.8 Å². The molecule has 4 heteroatoms. The van der Waals surface area contributed by atoms with Crippen LogP contribution in [0.25, 0.3) is 11.1 Å². The summed E-state index contributed by atoms with van der Waals surface area (Å²) < 4.78 is 4.22. The molecule has 72 valence electrons. The molecule has 0 radical (unpaired) electrons. The van der Waals surface area contributed by atoms with Crippen molar-refractivity contribution in [1.82, 2.24) is 9.36 Å². The van der Waals surface area contributed by atoms with Crippen molar-refractivity contribution in [2.75, 3.05) is 5.73 Å². The maximum Gasteiger partial charge on any atom is 0.115 e. The predicted octanol–water partition coefficient (Wildman–Crippen LogP) is 2.40. The lowest BCUT2D eigenvalue weighted by Gasteiger charge is -2.03. The second-order valence-corrected chi connectivity index (χ2v) is 3.95. The zero-order chi connectivity index (χ0) is 10.1. The largest absolute Gasteiger partial charge is 0.389 e. The summed E-state index contributed by atoms with van der Waals surface area (Å²) in [5.74, 6) is 0. The number of hydrogen-bond acceptors (Lipinski definition) is 4. The molecule has 0 amide bonds. The molecule has 3 nitrogen and oxygen atoms in total. The van der Waals surface area contributed by atoms with Gasteiger partial charge >= 0.3 is 0 Å². The van der Waals surface area contributed by atoms with E-state index in [1.807, 2.05) is 26.0 Å². The van der Waals surface area contributed by atoms with Gasteiger partial charge < -0.3 is 5.73 Å².